The number of carbonyl (C=O) groups excluding carboxylic acids is 2. The van der Waals surface area contributed by atoms with Crippen molar-refractivity contribution in [2.75, 3.05) is 5.32 Å². The summed E-state index contributed by atoms with van der Waals surface area (Å²) in [5.41, 5.74) is 4.70. The van der Waals surface area contributed by atoms with Crippen LogP contribution in [0.3, 0.4) is 0 Å². The van der Waals surface area contributed by atoms with Gasteiger partial charge in [0.2, 0.25) is 5.91 Å². The molecule has 1 atom stereocenters. The molecule has 0 fully saturated rings. The predicted molar refractivity (Wildman–Crippen MR) is 127 cm³/mol. The highest BCUT2D eigenvalue weighted by Gasteiger charge is 2.25. The second-order valence-electron chi connectivity index (χ2n) is 7.56. The summed E-state index contributed by atoms with van der Waals surface area (Å²) in [6.45, 7) is 4.02. The first-order valence-corrected chi connectivity index (χ1v) is 11.9. The lowest BCUT2D eigenvalue weighted by Crippen LogP contribution is -2.25. The predicted octanol–water partition coefficient (Wildman–Crippen LogP) is 6.21. The van der Waals surface area contributed by atoms with E-state index in [1.54, 1.807) is 17.0 Å². The highest BCUT2D eigenvalue weighted by atomic mass is 35.5. The molecule has 4 rings (SSSR count). The molecule has 31 heavy (non-hydrogen) atoms. The lowest BCUT2D eigenvalue weighted by atomic mass is 9.88. The van der Waals surface area contributed by atoms with Crippen molar-refractivity contribution in [3.8, 4) is 0 Å². The molecule has 0 saturated heterocycles. The highest BCUT2D eigenvalue weighted by molar-refractivity contribution is 7.22. The number of aromatic nitrogens is 2. The minimum Gasteiger partial charge on any atom is -0.301 e. The van der Waals surface area contributed by atoms with Crippen LogP contribution < -0.4 is 5.32 Å². The van der Waals surface area contributed by atoms with E-state index in [1.165, 1.54) is 22.7 Å². The van der Waals surface area contributed by atoms with Crippen molar-refractivity contribution < 1.29 is 9.59 Å². The highest BCUT2D eigenvalue weighted by Crippen LogP contribution is 2.31. The Morgan fingerprint density at radius 3 is 2.71 bits per heavy atom. The van der Waals surface area contributed by atoms with E-state index < -0.39 is 0 Å². The largest absolute Gasteiger partial charge is 0.301 e. The van der Waals surface area contributed by atoms with Gasteiger partial charge in [-0.05, 0) is 41.3 Å². The van der Waals surface area contributed by atoms with Crippen LogP contribution in [0, 0.1) is 5.92 Å². The van der Waals surface area contributed by atoms with Gasteiger partial charge in [-0.2, -0.15) is 0 Å². The SMILES string of the molecule is CC(C)C(C(=O)Nc1nc2ccc(CC(=O)c3cscn3)cc2s1)c1cccc(Cl)c1. The Morgan fingerprint density at radius 1 is 1.16 bits per heavy atom. The van der Waals surface area contributed by atoms with Gasteiger partial charge in [0.25, 0.3) is 0 Å². The zero-order chi connectivity index (χ0) is 22.0. The van der Waals surface area contributed by atoms with Crippen LogP contribution in [0.25, 0.3) is 10.2 Å². The third-order valence-electron chi connectivity index (χ3n) is 4.92. The van der Waals surface area contributed by atoms with Crippen LogP contribution in [0.5, 0.6) is 0 Å². The molecule has 1 N–H and O–H groups in total. The quantitative estimate of drug-likeness (QED) is 0.326. The Morgan fingerprint density at radius 2 is 2.00 bits per heavy atom. The summed E-state index contributed by atoms with van der Waals surface area (Å²) in [7, 11) is 0. The van der Waals surface area contributed by atoms with Crippen LogP contribution in [0.15, 0.2) is 53.4 Å². The zero-order valence-electron chi connectivity index (χ0n) is 17.0. The Labute approximate surface area is 193 Å². The number of rotatable bonds is 7. The van der Waals surface area contributed by atoms with Crippen molar-refractivity contribution in [3.05, 3.63) is 75.2 Å². The van der Waals surface area contributed by atoms with E-state index in [-0.39, 0.29) is 29.9 Å². The molecule has 8 heteroatoms. The number of fused-ring (bicyclic) bond motifs is 1. The third kappa shape index (κ3) is 5.01. The minimum atomic E-state index is -0.336. The van der Waals surface area contributed by atoms with Gasteiger partial charge in [0, 0.05) is 16.8 Å². The first-order valence-electron chi connectivity index (χ1n) is 9.78. The Hall–Kier alpha value is -2.61. The van der Waals surface area contributed by atoms with Gasteiger partial charge in [0.1, 0.15) is 5.69 Å². The number of ketones is 1. The topological polar surface area (TPSA) is 72.0 Å². The number of halogens is 1. The summed E-state index contributed by atoms with van der Waals surface area (Å²) in [4.78, 5) is 34.0. The number of thiazole rings is 2. The molecular weight excluding hydrogens is 450 g/mol. The molecule has 2 heterocycles. The van der Waals surface area contributed by atoms with Gasteiger partial charge in [-0.25, -0.2) is 9.97 Å². The normalized spacial score (nSPS) is 12.3. The molecule has 0 radical (unpaired) electrons. The van der Waals surface area contributed by atoms with Crippen molar-refractivity contribution in [1.82, 2.24) is 9.97 Å². The maximum absolute atomic E-state index is 13.0. The van der Waals surface area contributed by atoms with Crippen molar-refractivity contribution in [1.29, 1.82) is 0 Å². The van der Waals surface area contributed by atoms with Crippen LogP contribution in [0.2, 0.25) is 5.02 Å². The fourth-order valence-corrected chi connectivity index (χ4v) is 5.17. The molecule has 2 aromatic heterocycles. The van der Waals surface area contributed by atoms with Crippen LogP contribution in [0.4, 0.5) is 5.13 Å². The summed E-state index contributed by atoms with van der Waals surface area (Å²) in [5, 5.41) is 5.86. The molecular formula is C23H20ClN3O2S2. The number of carbonyl (C=O) groups is 2. The van der Waals surface area contributed by atoms with E-state index in [1.807, 2.05) is 50.2 Å². The first-order chi connectivity index (χ1) is 14.9. The minimum absolute atomic E-state index is 0.0139. The van der Waals surface area contributed by atoms with Crippen LogP contribution in [-0.2, 0) is 11.2 Å². The zero-order valence-corrected chi connectivity index (χ0v) is 19.4. The second-order valence-corrected chi connectivity index (χ2v) is 9.75. The summed E-state index contributed by atoms with van der Waals surface area (Å²) >= 11 is 8.93. The monoisotopic (exact) mass is 469 g/mol. The molecule has 0 aliphatic heterocycles. The third-order valence-corrected chi connectivity index (χ3v) is 6.68. The lowest BCUT2D eigenvalue weighted by Gasteiger charge is -2.20. The summed E-state index contributed by atoms with van der Waals surface area (Å²) in [5.74, 6) is -0.372. The average Bonchev–Trinajstić information content (AvgIpc) is 3.37. The lowest BCUT2D eigenvalue weighted by molar-refractivity contribution is -0.118. The Bertz CT molecular complexity index is 1230. The fraction of sp³-hybridized carbons (Fsp3) is 0.217. The number of hydrogen-bond acceptors (Lipinski definition) is 6. The van der Waals surface area contributed by atoms with Crippen molar-refractivity contribution in [2.24, 2.45) is 5.92 Å². The summed E-state index contributed by atoms with van der Waals surface area (Å²) < 4.78 is 0.919. The van der Waals surface area contributed by atoms with Crippen molar-refractivity contribution in [3.63, 3.8) is 0 Å². The molecule has 4 aromatic rings. The summed E-state index contributed by atoms with van der Waals surface area (Å²) in [6.07, 6.45) is 0.281. The van der Waals surface area contributed by atoms with Crippen LogP contribution in [-0.4, -0.2) is 21.7 Å². The smallest absolute Gasteiger partial charge is 0.233 e. The fourth-order valence-electron chi connectivity index (χ4n) is 3.48. The molecule has 0 bridgehead atoms. The van der Waals surface area contributed by atoms with Gasteiger partial charge in [-0.15, -0.1) is 11.3 Å². The molecule has 1 amide bonds. The number of benzene rings is 2. The van der Waals surface area contributed by atoms with Gasteiger partial charge < -0.3 is 5.32 Å². The molecule has 0 spiro atoms. The molecule has 1 unspecified atom stereocenters. The maximum Gasteiger partial charge on any atom is 0.233 e. The number of nitrogens with one attached hydrogen (secondary N) is 1. The Balaban J connectivity index is 1.52. The Kier molecular flexibility index (Phi) is 6.46. The number of amides is 1. The van der Waals surface area contributed by atoms with E-state index in [4.69, 9.17) is 11.6 Å². The second kappa shape index (κ2) is 9.26. The maximum atomic E-state index is 13.0. The molecule has 0 aliphatic carbocycles. The molecule has 0 saturated carbocycles. The number of nitrogens with zero attached hydrogens (tertiary/aromatic N) is 2. The number of Topliss-reactive ketones (excluding diaryl/α,β-unsaturated/α-hetero) is 1. The average molecular weight is 470 g/mol. The molecule has 5 nitrogen and oxygen atoms in total. The van der Waals surface area contributed by atoms with Crippen molar-refractivity contribution in [2.45, 2.75) is 26.2 Å². The standard InChI is InChI=1S/C23H20ClN3O2S2/c1-13(2)21(15-4-3-5-16(24)10-15)22(29)27-23-26-17-7-6-14(9-20(17)31-23)8-19(28)18-11-30-12-25-18/h3-7,9-13,21H,8H2,1-2H3,(H,26,27,29). The molecule has 158 valence electrons. The van der Waals surface area contributed by atoms with E-state index in [0.29, 0.717) is 15.8 Å². The van der Waals surface area contributed by atoms with Crippen LogP contribution in [0.1, 0.15) is 41.4 Å². The van der Waals surface area contributed by atoms with E-state index >= 15 is 0 Å². The van der Waals surface area contributed by atoms with Gasteiger partial charge in [0.15, 0.2) is 10.9 Å². The van der Waals surface area contributed by atoms with E-state index in [9.17, 15) is 9.59 Å². The van der Waals surface area contributed by atoms with E-state index in [2.05, 4.69) is 15.3 Å². The molecule has 2 aromatic carbocycles. The number of anilines is 1. The molecule has 0 aliphatic rings. The van der Waals surface area contributed by atoms with Crippen LogP contribution >= 0.6 is 34.3 Å². The van der Waals surface area contributed by atoms with E-state index in [0.717, 1.165) is 21.3 Å². The van der Waals surface area contributed by atoms with Crippen molar-refractivity contribution >= 4 is 61.3 Å². The van der Waals surface area contributed by atoms with Gasteiger partial charge in [-0.1, -0.05) is 55.0 Å². The van der Waals surface area contributed by atoms with Gasteiger partial charge in [-0.3, -0.25) is 9.59 Å². The number of hydrogen-bond donors (Lipinski definition) is 1. The summed E-state index contributed by atoms with van der Waals surface area (Å²) in [6, 6.07) is 13.1. The van der Waals surface area contributed by atoms with Gasteiger partial charge in [0.05, 0.1) is 21.6 Å². The van der Waals surface area contributed by atoms with Gasteiger partial charge >= 0.3 is 0 Å². The first kappa shape index (κ1) is 21.6.